The fraction of sp³-hybridized carbons (Fsp3) is 0.500. The zero-order valence-corrected chi connectivity index (χ0v) is 24.2. The van der Waals surface area contributed by atoms with Crippen molar-refractivity contribution in [3.8, 4) is 11.5 Å². The molecule has 40 heavy (non-hydrogen) atoms. The quantitative estimate of drug-likeness (QED) is 0.379. The van der Waals surface area contributed by atoms with E-state index in [0.717, 1.165) is 48.4 Å². The van der Waals surface area contributed by atoms with Crippen LogP contribution in [0.25, 0.3) is 6.08 Å². The molecular formula is C34H42N2O4. The highest BCUT2D eigenvalue weighted by Crippen LogP contribution is 2.66. The van der Waals surface area contributed by atoms with Crippen LogP contribution < -0.4 is 9.47 Å². The van der Waals surface area contributed by atoms with Crippen LogP contribution in [0.1, 0.15) is 55.4 Å². The van der Waals surface area contributed by atoms with Gasteiger partial charge in [-0.25, -0.2) is 0 Å². The van der Waals surface area contributed by atoms with Crippen molar-refractivity contribution in [1.82, 2.24) is 9.80 Å². The monoisotopic (exact) mass is 542 g/mol. The first-order valence-corrected chi connectivity index (χ1v) is 14.7. The molecule has 0 unspecified atom stereocenters. The number of likely N-dealkylation sites (tertiary alicyclic amines) is 1. The van der Waals surface area contributed by atoms with Crippen molar-refractivity contribution in [2.75, 3.05) is 26.7 Å². The maximum atomic E-state index is 13.9. The molecule has 2 aromatic rings. The van der Waals surface area contributed by atoms with Gasteiger partial charge in [0, 0.05) is 30.8 Å². The Hall–Kier alpha value is -3.09. The number of hydrogen-bond acceptors (Lipinski definition) is 5. The molecule has 0 aromatic heterocycles. The Kier molecular flexibility index (Phi) is 6.82. The minimum absolute atomic E-state index is 0.00903. The highest BCUT2D eigenvalue weighted by Gasteiger charge is 2.73. The fourth-order valence-electron chi connectivity index (χ4n) is 8.28. The van der Waals surface area contributed by atoms with E-state index in [1.165, 1.54) is 5.56 Å². The predicted octanol–water partition coefficient (Wildman–Crippen LogP) is 4.91. The van der Waals surface area contributed by atoms with Gasteiger partial charge in [0.25, 0.3) is 0 Å². The summed E-state index contributed by atoms with van der Waals surface area (Å²) in [4.78, 5) is 18.4. The van der Waals surface area contributed by atoms with Crippen molar-refractivity contribution in [2.24, 2.45) is 5.92 Å². The molecular weight excluding hydrogens is 500 g/mol. The van der Waals surface area contributed by atoms with Gasteiger partial charge in [-0.3, -0.25) is 9.69 Å². The van der Waals surface area contributed by atoms with Crippen LogP contribution in [-0.4, -0.2) is 71.3 Å². The van der Waals surface area contributed by atoms with Gasteiger partial charge in [0.15, 0.2) is 11.5 Å². The average molecular weight is 543 g/mol. The summed E-state index contributed by atoms with van der Waals surface area (Å²) in [6.07, 6.45) is 8.06. The van der Waals surface area contributed by atoms with Gasteiger partial charge in [-0.2, -0.15) is 0 Å². The number of carbonyl (C=O) groups excluding carboxylic acids is 1. The molecule has 2 aromatic carbocycles. The lowest BCUT2D eigenvalue weighted by molar-refractivity contribution is -0.199. The van der Waals surface area contributed by atoms with Crippen molar-refractivity contribution in [2.45, 2.75) is 75.7 Å². The van der Waals surface area contributed by atoms with Crippen LogP contribution in [0, 0.1) is 12.8 Å². The Labute approximate surface area is 238 Å². The molecule has 2 aliphatic heterocycles. The van der Waals surface area contributed by atoms with Crippen LogP contribution in [0.5, 0.6) is 11.5 Å². The highest BCUT2D eigenvalue weighted by atomic mass is 16.5. The molecule has 5 atom stereocenters. The molecule has 2 aliphatic carbocycles. The van der Waals surface area contributed by atoms with Crippen LogP contribution in [0.15, 0.2) is 55.1 Å². The van der Waals surface area contributed by atoms with Crippen LogP contribution in [0.2, 0.25) is 0 Å². The normalized spacial score (nSPS) is 30.2. The molecule has 1 saturated carbocycles. The lowest BCUT2D eigenvalue weighted by Crippen LogP contribution is -2.78. The van der Waals surface area contributed by atoms with Crippen molar-refractivity contribution in [3.05, 3.63) is 77.4 Å². The summed E-state index contributed by atoms with van der Waals surface area (Å²) in [6, 6.07) is 12.1. The van der Waals surface area contributed by atoms with Crippen molar-refractivity contribution in [1.29, 1.82) is 0 Å². The number of amides is 1. The summed E-state index contributed by atoms with van der Waals surface area (Å²) in [5.74, 6) is 1.75. The van der Waals surface area contributed by atoms with Gasteiger partial charge in [0.05, 0.1) is 24.2 Å². The standard InChI is InChI=1S/C34H42N2O4/c1-6-17-35-18-16-33-30-25-11-12-27(39-5)31(30)40-32(33)26(14-15-34(33,38)28(35)20-25)36(21-22(2)3)29(37)13-10-24-9-7-8-23(4)19-24/h6-13,19,22,26,28,32,38H,1,14-18,20-21H2,2-5H3/t26-,28-,32+,33+,34-/m1/s1. The number of ether oxygens (including phenoxy) is 2. The molecule has 1 N–H and O–H groups in total. The smallest absolute Gasteiger partial charge is 0.246 e. The number of hydrogen-bond donors (Lipinski definition) is 1. The summed E-state index contributed by atoms with van der Waals surface area (Å²) >= 11 is 0. The minimum Gasteiger partial charge on any atom is -0.493 e. The van der Waals surface area contributed by atoms with Gasteiger partial charge >= 0.3 is 0 Å². The van der Waals surface area contributed by atoms with E-state index in [4.69, 9.17) is 9.47 Å². The summed E-state index contributed by atoms with van der Waals surface area (Å²) in [5.41, 5.74) is 2.97. The lowest BCUT2D eigenvalue weighted by Gasteiger charge is -2.64. The number of methoxy groups -OCH3 is 1. The van der Waals surface area contributed by atoms with Gasteiger partial charge in [0.1, 0.15) is 6.10 Å². The second-order valence-corrected chi connectivity index (χ2v) is 12.6. The molecule has 212 valence electrons. The second kappa shape index (κ2) is 10.1. The van der Waals surface area contributed by atoms with E-state index in [-0.39, 0.29) is 30.0 Å². The van der Waals surface area contributed by atoms with Crippen molar-refractivity contribution in [3.63, 3.8) is 0 Å². The SMILES string of the molecule is C=CCN1CC[C@]23c4c5ccc(OC)c4O[C@H]2[C@H](N(CC(C)C)C(=O)C=Cc2cccc(C)c2)CC[C@@]3(O)[C@H]1C5. The van der Waals surface area contributed by atoms with Gasteiger partial charge in [-0.15, -0.1) is 6.58 Å². The molecule has 2 fully saturated rings. The highest BCUT2D eigenvalue weighted by molar-refractivity contribution is 5.92. The maximum absolute atomic E-state index is 13.9. The molecule has 0 radical (unpaired) electrons. The van der Waals surface area contributed by atoms with Gasteiger partial charge in [-0.05, 0) is 68.3 Å². The maximum Gasteiger partial charge on any atom is 0.246 e. The third-order valence-electron chi connectivity index (χ3n) is 9.82. The molecule has 1 saturated heterocycles. The predicted molar refractivity (Wildman–Crippen MR) is 158 cm³/mol. The number of rotatable bonds is 8. The Morgan fingerprint density at radius 1 is 1.30 bits per heavy atom. The fourth-order valence-corrected chi connectivity index (χ4v) is 8.28. The minimum atomic E-state index is -0.954. The van der Waals surface area contributed by atoms with Crippen LogP contribution in [-0.2, 0) is 16.6 Å². The number of aliphatic hydroxyl groups is 1. The third kappa shape index (κ3) is 3.94. The Bertz CT molecular complexity index is 1350. The molecule has 6 nitrogen and oxygen atoms in total. The number of piperidine rings is 1. The first-order valence-electron chi connectivity index (χ1n) is 14.7. The van der Waals surface area contributed by atoms with E-state index < -0.39 is 11.0 Å². The van der Waals surface area contributed by atoms with Gasteiger partial charge in [-0.1, -0.05) is 55.8 Å². The Morgan fingerprint density at radius 3 is 2.85 bits per heavy atom. The third-order valence-corrected chi connectivity index (χ3v) is 9.82. The van der Waals surface area contributed by atoms with Crippen LogP contribution >= 0.6 is 0 Å². The number of nitrogens with zero attached hydrogens (tertiary/aromatic N) is 2. The van der Waals surface area contributed by atoms with E-state index in [1.54, 1.807) is 13.2 Å². The summed E-state index contributed by atoms with van der Waals surface area (Å²) in [6.45, 7) is 12.6. The van der Waals surface area contributed by atoms with Crippen LogP contribution in [0.4, 0.5) is 0 Å². The van der Waals surface area contributed by atoms with Crippen LogP contribution in [0.3, 0.4) is 0 Å². The van der Waals surface area contributed by atoms with E-state index in [1.807, 2.05) is 35.3 Å². The zero-order valence-electron chi connectivity index (χ0n) is 24.2. The summed E-state index contributed by atoms with van der Waals surface area (Å²) in [7, 11) is 1.67. The number of benzene rings is 2. The molecule has 6 rings (SSSR count). The van der Waals surface area contributed by atoms with E-state index in [0.29, 0.717) is 25.1 Å². The first-order chi connectivity index (χ1) is 19.2. The van der Waals surface area contributed by atoms with E-state index >= 15 is 0 Å². The van der Waals surface area contributed by atoms with E-state index in [9.17, 15) is 9.90 Å². The first kappa shape index (κ1) is 27.1. The Morgan fingerprint density at radius 2 is 2.12 bits per heavy atom. The topological polar surface area (TPSA) is 62.2 Å². The Balaban J connectivity index is 1.43. The molecule has 6 heteroatoms. The second-order valence-electron chi connectivity index (χ2n) is 12.6. The van der Waals surface area contributed by atoms with Crippen molar-refractivity contribution >= 4 is 12.0 Å². The van der Waals surface area contributed by atoms with Gasteiger partial charge in [0.2, 0.25) is 5.91 Å². The lowest BCUT2D eigenvalue weighted by atomic mass is 9.48. The summed E-state index contributed by atoms with van der Waals surface area (Å²) in [5, 5.41) is 12.8. The number of aryl methyl sites for hydroxylation is 1. The molecule has 1 spiro atoms. The average Bonchev–Trinajstić information content (AvgIpc) is 3.28. The molecule has 2 bridgehead atoms. The number of carbonyl (C=O) groups is 1. The molecule has 1 amide bonds. The summed E-state index contributed by atoms with van der Waals surface area (Å²) < 4.78 is 12.7. The molecule has 2 heterocycles. The van der Waals surface area contributed by atoms with E-state index in [2.05, 4.69) is 50.4 Å². The van der Waals surface area contributed by atoms with Crippen molar-refractivity contribution < 1.29 is 19.4 Å². The molecule has 4 aliphatic rings. The van der Waals surface area contributed by atoms with Gasteiger partial charge < -0.3 is 19.5 Å². The largest absolute Gasteiger partial charge is 0.493 e. The zero-order chi connectivity index (χ0) is 28.2.